The molecule has 0 saturated carbocycles. The summed E-state index contributed by atoms with van der Waals surface area (Å²) < 4.78 is 11.2. The Balaban J connectivity index is 1.98. The number of rotatable bonds is 7. The van der Waals surface area contributed by atoms with Crippen molar-refractivity contribution >= 4 is 29.2 Å². The molecule has 1 N–H and O–H groups in total. The maximum atomic E-state index is 13.2. The fourth-order valence-electron chi connectivity index (χ4n) is 3.31. The van der Waals surface area contributed by atoms with Gasteiger partial charge >= 0.3 is 0 Å². The lowest BCUT2D eigenvalue weighted by Gasteiger charge is -2.11. The molecule has 0 unspecified atom stereocenters. The number of hydrogen-bond acceptors (Lipinski definition) is 5. The summed E-state index contributed by atoms with van der Waals surface area (Å²) in [6, 6.07) is 18.5. The number of furan rings is 1. The predicted molar refractivity (Wildman–Crippen MR) is 123 cm³/mol. The topological polar surface area (TPSA) is 92.3 Å². The Morgan fingerprint density at radius 1 is 1.09 bits per heavy atom. The first kappa shape index (κ1) is 22.6. The second-order valence-corrected chi connectivity index (χ2v) is 7.52. The average molecular weight is 428 g/mol. The van der Waals surface area contributed by atoms with E-state index >= 15 is 0 Å². The first-order chi connectivity index (χ1) is 15.3. The molecule has 0 atom stereocenters. The van der Waals surface area contributed by atoms with Crippen LogP contribution in [0.25, 0.3) is 11.6 Å². The van der Waals surface area contributed by atoms with E-state index in [0.717, 1.165) is 11.3 Å². The number of nitriles is 1. The van der Waals surface area contributed by atoms with Crippen LogP contribution in [0.4, 0.5) is 5.88 Å². The third kappa shape index (κ3) is 5.13. The average Bonchev–Trinajstić information content (AvgIpc) is 3.08. The summed E-state index contributed by atoms with van der Waals surface area (Å²) in [6.45, 7) is 6.85. The van der Waals surface area contributed by atoms with E-state index in [2.05, 4.69) is 5.32 Å². The van der Waals surface area contributed by atoms with E-state index in [1.54, 1.807) is 13.0 Å². The molecule has 0 aliphatic heterocycles. The van der Waals surface area contributed by atoms with Crippen molar-refractivity contribution in [2.75, 3.05) is 5.32 Å². The number of ketones is 1. The molecule has 0 fully saturated rings. The third-order valence-electron chi connectivity index (χ3n) is 4.67. The van der Waals surface area contributed by atoms with Crippen molar-refractivity contribution in [3.63, 3.8) is 0 Å². The van der Waals surface area contributed by atoms with E-state index in [1.165, 1.54) is 6.92 Å². The molecule has 1 aromatic heterocycles. The van der Waals surface area contributed by atoms with E-state index in [4.69, 9.17) is 9.15 Å². The molecule has 0 saturated heterocycles. The van der Waals surface area contributed by atoms with Crippen LogP contribution in [-0.2, 0) is 4.79 Å². The van der Waals surface area contributed by atoms with Crippen molar-refractivity contribution in [3.8, 4) is 11.8 Å². The molecule has 32 heavy (non-hydrogen) atoms. The number of hydrogen-bond donors (Lipinski definition) is 1. The molecule has 1 amide bonds. The highest BCUT2D eigenvalue weighted by atomic mass is 16.5. The van der Waals surface area contributed by atoms with E-state index in [0.29, 0.717) is 11.1 Å². The quantitative estimate of drug-likeness (QED) is 0.299. The zero-order valence-corrected chi connectivity index (χ0v) is 18.4. The van der Waals surface area contributed by atoms with Crippen molar-refractivity contribution in [1.82, 2.24) is 0 Å². The second kappa shape index (κ2) is 9.80. The third-order valence-corrected chi connectivity index (χ3v) is 4.67. The molecule has 0 aliphatic carbocycles. The van der Waals surface area contributed by atoms with E-state index in [-0.39, 0.29) is 34.7 Å². The van der Waals surface area contributed by atoms with Gasteiger partial charge in [0.1, 0.15) is 23.1 Å². The molecule has 2 aromatic carbocycles. The Hall–Kier alpha value is -4.11. The summed E-state index contributed by atoms with van der Waals surface area (Å²) in [5.41, 5.74) is 2.07. The van der Waals surface area contributed by atoms with Gasteiger partial charge in [-0.05, 0) is 57.0 Å². The Bertz CT molecular complexity index is 1200. The van der Waals surface area contributed by atoms with E-state index in [9.17, 15) is 14.9 Å². The number of aryl methyl sites for hydroxylation is 1. The number of ether oxygens (including phenoxy) is 1. The number of anilines is 1. The summed E-state index contributed by atoms with van der Waals surface area (Å²) in [5, 5.41) is 12.2. The van der Waals surface area contributed by atoms with Gasteiger partial charge in [-0.15, -0.1) is 0 Å². The van der Waals surface area contributed by atoms with Crippen molar-refractivity contribution < 1.29 is 18.7 Å². The van der Waals surface area contributed by atoms with Crippen LogP contribution >= 0.6 is 0 Å². The minimum atomic E-state index is -0.459. The fraction of sp³-hybridized carbons (Fsp3) is 0.192. The number of nitrogens with one attached hydrogen (secondary N) is 1. The molecular formula is C26H24N2O4. The van der Waals surface area contributed by atoms with Crippen molar-refractivity contribution in [1.29, 1.82) is 5.26 Å². The number of Topliss-reactive ketones (excluding diaryl/α,β-unsaturated/α-hetero) is 1. The van der Waals surface area contributed by atoms with Gasteiger partial charge in [-0.25, -0.2) is 0 Å². The van der Waals surface area contributed by atoms with Gasteiger partial charge in [-0.2, -0.15) is 5.26 Å². The van der Waals surface area contributed by atoms with Gasteiger partial charge in [-0.1, -0.05) is 42.5 Å². The van der Waals surface area contributed by atoms with E-state index < -0.39 is 5.91 Å². The number of amides is 1. The molecular weight excluding hydrogens is 404 g/mol. The largest absolute Gasteiger partial charge is 0.491 e. The van der Waals surface area contributed by atoms with Crippen LogP contribution in [0, 0.1) is 18.3 Å². The molecule has 0 spiro atoms. The summed E-state index contributed by atoms with van der Waals surface area (Å²) >= 11 is 0. The normalized spacial score (nSPS) is 11.2. The maximum Gasteiger partial charge on any atom is 0.258 e. The van der Waals surface area contributed by atoms with Crippen LogP contribution in [0.15, 0.2) is 59.0 Å². The first-order valence-corrected chi connectivity index (χ1v) is 10.2. The zero-order chi connectivity index (χ0) is 23.3. The second-order valence-electron chi connectivity index (χ2n) is 7.52. The van der Waals surface area contributed by atoms with Crippen LogP contribution in [-0.4, -0.2) is 17.8 Å². The Morgan fingerprint density at radius 2 is 1.75 bits per heavy atom. The monoisotopic (exact) mass is 428 g/mol. The molecule has 0 radical (unpaired) electrons. The van der Waals surface area contributed by atoms with Crippen molar-refractivity contribution in [3.05, 3.63) is 82.6 Å². The highest BCUT2D eigenvalue weighted by molar-refractivity contribution is 6.29. The van der Waals surface area contributed by atoms with Crippen LogP contribution < -0.4 is 10.1 Å². The van der Waals surface area contributed by atoms with Crippen LogP contribution in [0.3, 0.4) is 0 Å². The maximum absolute atomic E-state index is 13.2. The number of carbonyl (C=O) groups excluding carboxylic acids is 2. The smallest absolute Gasteiger partial charge is 0.258 e. The fourth-order valence-corrected chi connectivity index (χ4v) is 3.31. The first-order valence-electron chi connectivity index (χ1n) is 10.2. The molecule has 3 aromatic rings. The predicted octanol–water partition coefficient (Wildman–Crippen LogP) is 5.63. The van der Waals surface area contributed by atoms with Crippen LogP contribution in [0.1, 0.15) is 53.6 Å². The molecule has 1 heterocycles. The summed E-state index contributed by atoms with van der Waals surface area (Å²) in [7, 11) is 0. The van der Waals surface area contributed by atoms with Gasteiger partial charge in [0.15, 0.2) is 5.78 Å². The van der Waals surface area contributed by atoms with Gasteiger partial charge < -0.3 is 9.15 Å². The van der Waals surface area contributed by atoms with Crippen molar-refractivity contribution in [2.24, 2.45) is 0 Å². The summed E-state index contributed by atoms with van der Waals surface area (Å²) in [4.78, 5) is 25.1. The van der Waals surface area contributed by atoms with Gasteiger partial charge in [-0.3, -0.25) is 14.9 Å². The van der Waals surface area contributed by atoms with E-state index in [1.807, 2.05) is 74.5 Å². The highest BCUT2D eigenvalue weighted by Crippen LogP contribution is 2.29. The summed E-state index contributed by atoms with van der Waals surface area (Å²) in [6.07, 6.45) is 1.81. The molecule has 3 rings (SSSR count). The lowest BCUT2D eigenvalue weighted by Crippen LogP contribution is -2.14. The van der Waals surface area contributed by atoms with Gasteiger partial charge in [0.05, 0.1) is 11.7 Å². The number of nitrogens with zero attached hydrogens (tertiary/aromatic N) is 1. The molecule has 0 bridgehead atoms. The lowest BCUT2D eigenvalue weighted by atomic mass is 10.0. The Morgan fingerprint density at radius 3 is 2.31 bits per heavy atom. The lowest BCUT2D eigenvalue weighted by molar-refractivity contribution is -0.111. The number of benzene rings is 2. The van der Waals surface area contributed by atoms with Gasteiger partial charge in [0.25, 0.3) is 5.91 Å². The Labute approximate surface area is 187 Å². The molecule has 6 nitrogen and oxygen atoms in total. The van der Waals surface area contributed by atoms with Gasteiger partial charge in [0.2, 0.25) is 5.88 Å². The van der Waals surface area contributed by atoms with Gasteiger partial charge in [0, 0.05) is 5.57 Å². The van der Waals surface area contributed by atoms with Crippen LogP contribution in [0.5, 0.6) is 5.75 Å². The number of carbonyl (C=O) groups is 2. The molecule has 162 valence electrons. The molecule has 0 aliphatic rings. The molecule has 6 heteroatoms. The van der Waals surface area contributed by atoms with Crippen LogP contribution in [0.2, 0.25) is 0 Å². The zero-order valence-electron chi connectivity index (χ0n) is 18.4. The minimum absolute atomic E-state index is 0.0194. The minimum Gasteiger partial charge on any atom is -0.491 e. The SMILES string of the molecule is CC(=O)c1c(C)oc(NC(=O)/C(=C/c2ccc(OC(C)C)cc2)c2ccccc2)c1C#N. The highest BCUT2D eigenvalue weighted by Gasteiger charge is 2.23. The van der Waals surface area contributed by atoms with Crippen molar-refractivity contribution in [2.45, 2.75) is 33.8 Å². The summed E-state index contributed by atoms with van der Waals surface area (Å²) in [5.74, 6) is 0.229. The Kier molecular flexibility index (Phi) is 6.91. The standard InChI is InChI=1S/C26H24N2O4/c1-16(2)31-21-12-10-19(11-13-21)14-22(20-8-6-5-7-9-20)25(30)28-26-23(15-27)24(17(3)29)18(4)32-26/h5-14,16H,1-4H3,(H,28,30)/b22-14+.